The number of carbonyl (C=O) groups is 2. The summed E-state index contributed by atoms with van der Waals surface area (Å²) in [5.74, 6) is -1.49. The van der Waals surface area contributed by atoms with Crippen LogP contribution in [0.2, 0.25) is 0 Å². The van der Waals surface area contributed by atoms with Crippen molar-refractivity contribution in [1.29, 1.82) is 0 Å². The van der Waals surface area contributed by atoms with Crippen LogP contribution in [0.4, 0.5) is 10.1 Å². The summed E-state index contributed by atoms with van der Waals surface area (Å²) in [6.07, 6.45) is 4.75. The molecule has 0 bridgehead atoms. The average molecular weight is 411 g/mol. The number of carbonyl (C=O) groups excluding carboxylic acids is 2. The van der Waals surface area contributed by atoms with Crippen LogP contribution >= 0.6 is 0 Å². The molecule has 7 nitrogen and oxygen atoms in total. The Morgan fingerprint density at radius 1 is 1.29 bits per heavy atom. The number of halogens is 1. The third kappa shape index (κ3) is 3.91. The Morgan fingerprint density at radius 3 is 2.50 bits per heavy atom. The van der Waals surface area contributed by atoms with Gasteiger partial charge in [0.15, 0.2) is 0 Å². The Kier molecular flexibility index (Phi) is 5.51. The van der Waals surface area contributed by atoms with Crippen LogP contribution in [0.15, 0.2) is 18.2 Å². The van der Waals surface area contributed by atoms with E-state index in [2.05, 4.69) is 5.32 Å². The Labute approximate surface area is 164 Å². The molecular formula is C19H26FN3O4S. The zero-order valence-corrected chi connectivity index (χ0v) is 17.2. The van der Waals surface area contributed by atoms with Crippen molar-refractivity contribution in [2.45, 2.75) is 51.1 Å². The Morgan fingerprint density at radius 2 is 1.93 bits per heavy atom. The number of aryl methyl sites for hydroxylation is 1. The molecule has 1 aliphatic heterocycles. The van der Waals surface area contributed by atoms with Crippen molar-refractivity contribution in [1.82, 2.24) is 9.62 Å². The van der Waals surface area contributed by atoms with Crippen LogP contribution in [0.25, 0.3) is 0 Å². The van der Waals surface area contributed by atoms with Crippen molar-refractivity contribution in [2.75, 3.05) is 24.2 Å². The molecule has 1 aromatic rings. The molecule has 3 rings (SSSR count). The number of nitrogens with zero attached hydrogens (tertiary/aromatic N) is 2. The summed E-state index contributed by atoms with van der Waals surface area (Å²) >= 11 is 0. The number of nitrogens with one attached hydrogen (secondary N) is 1. The molecule has 0 aromatic heterocycles. The highest BCUT2D eigenvalue weighted by Crippen LogP contribution is 2.32. The lowest BCUT2D eigenvalue weighted by atomic mass is 9.93. The molecule has 2 aliphatic rings. The number of anilines is 1. The summed E-state index contributed by atoms with van der Waals surface area (Å²) in [6.45, 7) is 2.56. The van der Waals surface area contributed by atoms with Gasteiger partial charge < -0.3 is 5.32 Å². The summed E-state index contributed by atoms with van der Waals surface area (Å²) in [6, 6.07) is 4.33. The highest BCUT2D eigenvalue weighted by Gasteiger charge is 2.50. The van der Waals surface area contributed by atoms with E-state index < -0.39 is 33.2 Å². The van der Waals surface area contributed by atoms with Gasteiger partial charge in [0.2, 0.25) is 21.8 Å². The van der Waals surface area contributed by atoms with Crippen LogP contribution in [0.3, 0.4) is 0 Å². The highest BCUT2D eigenvalue weighted by molar-refractivity contribution is 7.88. The molecule has 1 aromatic carbocycles. The van der Waals surface area contributed by atoms with E-state index in [1.165, 1.54) is 24.0 Å². The molecule has 1 aliphatic carbocycles. The molecule has 1 heterocycles. The van der Waals surface area contributed by atoms with Crippen LogP contribution in [0.5, 0.6) is 0 Å². The summed E-state index contributed by atoms with van der Waals surface area (Å²) in [4.78, 5) is 27.4. The lowest BCUT2D eigenvalue weighted by Crippen LogP contribution is -2.70. The number of hydrogen-bond acceptors (Lipinski definition) is 4. The van der Waals surface area contributed by atoms with E-state index in [0.29, 0.717) is 5.56 Å². The molecule has 1 saturated carbocycles. The van der Waals surface area contributed by atoms with E-state index in [1.54, 1.807) is 13.0 Å². The van der Waals surface area contributed by atoms with Gasteiger partial charge in [-0.05, 0) is 44.4 Å². The first-order chi connectivity index (χ1) is 13.0. The van der Waals surface area contributed by atoms with Gasteiger partial charge in [0, 0.05) is 18.3 Å². The largest absolute Gasteiger partial charge is 0.351 e. The van der Waals surface area contributed by atoms with Crippen molar-refractivity contribution < 1.29 is 22.4 Å². The SMILES string of the molecule is Cc1ccc(N2C(=O)CN(S(C)(=O)=O)CC2(C)C(=O)NC2CCCC2)cc1F. The standard InChI is InChI=1S/C19H26FN3O4S/c1-13-8-9-15(10-16(13)20)23-17(24)11-22(28(3,26)27)12-19(23,2)18(25)21-14-6-4-5-7-14/h8-10,14H,4-7,11-12H2,1-3H3,(H,21,25). The molecule has 9 heteroatoms. The van der Waals surface area contributed by atoms with Crippen LogP contribution in [0.1, 0.15) is 38.2 Å². The van der Waals surface area contributed by atoms with E-state index in [1.807, 2.05) is 0 Å². The minimum absolute atomic E-state index is 0.00430. The molecular weight excluding hydrogens is 385 g/mol. The molecule has 2 fully saturated rings. The lowest BCUT2D eigenvalue weighted by molar-refractivity contribution is -0.133. The summed E-state index contributed by atoms with van der Waals surface area (Å²) < 4.78 is 39.4. The molecule has 28 heavy (non-hydrogen) atoms. The molecule has 0 radical (unpaired) electrons. The van der Waals surface area contributed by atoms with Gasteiger partial charge in [-0.25, -0.2) is 12.8 Å². The minimum Gasteiger partial charge on any atom is -0.351 e. The van der Waals surface area contributed by atoms with Gasteiger partial charge in [0.05, 0.1) is 12.8 Å². The van der Waals surface area contributed by atoms with Crippen molar-refractivity contribution in [3.8, 4) is 0 Å². The zero-order valence-electron chi connectivity index (χ0n) is 16.4. The maximum absolute atomic E-state index is 14.2. The van der Waals surface area contributed by atoms with Crippen molar-refractivity contribution in [3.05, 3.63) is 29.6 Å². The third-order valence-electron chi connectivity index (χ3n) is 5.60. The van der Waals surface area contributed by atoms with E-state index in [-0.39, 0.29) is 24.8 Å². The van der Waals surface area contributed by atoms with E-state index in [0.717, 1.165) is 36.2 Å². The number of sulfonamides is 1. The number of rotatable bonds is 4. The summed E-state index contributed by atoms with van der Waals surface area (Å²) in [5, 5.41) is 2.96. The topological polar surface area (TPSA) is 86.8 Å². The molecule has 154 valence electrons. The van der Waals surface area contributed by atoms with Crippen molar-refractivity contribution in [3.63, 3.8) is 0 Å². The zero-order chi connectivity index (χ0) is 20.7. The average Bonchev–Trinajstić information content (AvgIpc) is 3.09. The molecule has 1 atom stereocenters. The molecule has 1 N–H and O–H groups in total. The third-order valence-corrected chi connectivity index (χ3v) is 6.80. The highest BCUT2D eigenvalue weighted by atomic mass is 32.2. The summed E-state index contributed by atoms with van der Waals surface area (Å²) in [7, 11) is -3.68. The number of amides is 2. The Bertz CT molecular complexity index is 898. The first kappa shape index (κ1) is 20.7. The second kappa shape index (κ2) is 7.44. The quantitative estimate of drug-likeness (QED) is 0.815. The van der Waals surface area contributed by atoms with Gasteiger partial charge in [-0.2, -0.15) is 4.31 Å². The van der Waals surface area contributed by atoms with Crippen molar-refractivity contribution >= 4 is 27.5 Å². The van der Waals surface area contributed by atoms with Gasteiger partial charge in [-0.15, -0.1) is 0 Å². The lowest BCUT2D eigenvalue weighted by Gasteiger charge is -2.46. The van der Waals surface area contributed by atoms with Gasteiger partial charge >= 0.3 is 0 Å². The van der Waals surface area contributed by atoms with E-state index in [9.17, 15) is 22.4 Å². The predicted molar refractivity (Wildman–Crippen MR) is 104 cm³/mol. The van der Waals surface area contributed by atoms with Gasteiger partial charge in [-0.1, -0.05) is 18.9 Å². The van der Waals surface area contributed by atoms with E-state index >= 15 is 0 Å². The molecule has 0 spiro atoms. The number of benzene rings is 1. The van der Waals surface area contributed by atoms with Gasteiger partial charge in [0.25, 0.3) is 0 Å². The van der Waals surface area contributed by atoms with Gasteiger partial charge in [0.1, 0.15) is 11.4 Å². The fraction of sp³-hybridized carbons (Fsp3) is 0.579. The van der Waals surface area contributed by atoms with Crippen LogP contribution in [-0.2, 0) is 19.6 Å². The summed E-state index contributed by atoms with van der Waals surface area (Å²) in [5.41, 5.74) is -0.823. The smallest absolute Gasteiger partial charge is 0.247 e. The number of hydrogen-bond donors (Lipinski definition) is 1. The molecule has 1 saturated heterocycles. The maximum atomic E-state index is 14.2. The minimum atomic E-state index is -3.68. The van der Waals surface area contributed by atoms with Gasteiger partial charge in [-0.3, -0.25) is 14.5 Å². The van der Waals surface area contributed by atoms with E-state index in [4.69, 9.17) is 0 Å². The Balaban J connectivity index is 2.02. The molecule has 2 amide bonds. The second-order valence-corrected chi connectivity index (χ2v) is 9.90. The maximum Gasteiger partial charge on any atom is 0.247 e. The fourth-order valence-corrected chi connectivity index (χ4v) is 4.77. The second-order valence-electron chi connectivity index (χ2n) is 7.92. The van der Waals surface area contributed by atoms with Crippen LogP contribution < -0.4 is 10.2 Å². The van der Waals surface area contributed by atoms with Crippen molar-refractivity contribution in [2.24, 2.45) is 0 Å². The van der Waals surface area contributed by atoms with Crippen LogP contribution in [0, 0.1) is 12.7 Å². The Hall–Kier alpha value is -2.00. The first-order valence-corrected chi connectivity index (χ1v) is 11.2. The monoisotopic (exact) mass is 411 g/mol. The fourth-order valence-electron chi connectivity index (χ4n) is 3.94. The number of piperazine rings is 1. The molecule has 1 unspecified atom stereocenters. The first-order valence-electron chi connectivity index (χ1n) is 9.37. The van der Waals surface area contributed by atoms with Crippen LogP contribution in [-0.4, -0.2) is 55.5 Å². The predicted octanol–water partition coefficient (Wildman–Crippen LogP) is 1.56. The normalized spacial score (nSPS) is 24.6.